The number of Topliss-reactive ketones (excluding diaryl/α,β-unsaturated/α-hetero) is 1. The van der Waals surface area contributed by atoms with Crippen molar-refractivity contribution >= 4 is 28.8 Å². The first-order chi connectivity index (χ1) is 17.8. The number of carbonyl (C=O) groups excluding carboxylic acids is 2. The molecule has 2 aliphatic heterocycles. The highest BCUT2D eigenvalue weighted by atomic mass is 16.5. The number of ether oxygens (including phenoxy) is 1. The number of benzene rings is 3. The molecule has 190 valence electrons. The second-order valence-electron chi connectivity index (χ2n) is 9.73. The molecule has 3 aromatic rings. The minimum Gasteiger partial charge on any atom is -0.507 e. The summed E-state index contributed by atoms with van der Waals surface area (Å²) in [6.07, 6.45) is 0.787. The van der Waals surface area contributed by atoms with E-state index in [2.05, 4.69) is 18.7 Å². The molecular weight excluding hydrogens is 464 g/mol. The number of ketones is 1. The molecule has 2 heterocycles. The van der Waals surface area contributed by atoms with Crippen LogP contribution in [0.5, 0.6) is 5.75 Å². The van der Waals surface area contributed by atoms with Crippen LogP contribution in [0.1, 0.15) is 49.1 Å². The lowest BCUT2D eigenvalue weighted by Crippen LogP contribution is -2.29. The second kappa shape index (κ2) is 9.77. The van der Waals surface area contributed by atoms with Gasteiger partial charge in [-0.3, -0.25) is 14.5 Å². The van der Waals surface area contributed by atoms with E-state index < -0.39 is 17.7 Å². The van der Waals surface area contributed by atoms with Gasteiger partial charge in [0.25, 0.3) is 11.7 Å². The molecular formula is C31H32N2O4. The van der Waals surface area contributed by atoms with Gasteiger partial charge in [-0.1, -0.05) is 29.8 Å². The normalized spacial score (nSPS) is 20.2. The summed E-state index contributed by atoms with van der Waals surface area (Å²) in [4.78, 5) is 30.7. The Balaban J connectivity index is 1.64. The number of aryl methyl sites for hydroxylation is 1. The van der Waals surface area contributed by atoms with Crippen molar-refractivity contribution in [3.05, 3.63) is 94.6 Å². The Morgan fingerprint density at radius 1 is 1.03 bits per heavy atom. The van der Waals surface area contributed by atoms with Crippen LogP contribution in [0.15, 0.2) is 72.3 Å². The Morgan fingerprint density at radius 2 is 1.76 bits per heavy atom. The molecule has 0 bridgehead atoms. The predicted molar refractivity (Wildman–Crippen MR) is 146 cm³/mol. The maximum absolute atomic E-state index is 13.5. The monoisotopic (exact) mass is 496 g/mol. The molecule has 0 radical (unpaired) electrons. The van der Waals surface area contributed by atoms with E-state index in [9.17, 15) is 14.7 Å². The molecule has 0 saturated carbocycles. The standard InChI is InChI=1S/C31H32N2O4/c1-5-32(6-2)24-11-13-25(14-12-24)33-28(21-9-7-8-19(3)16-21)27(30(35)31(33)36)29(34)22-10-15-26-23(18-22)17-20(4)37-26/h7-16,18,20,28,34H,5-6,17H2,1-4H3/b29-27-. The topological polar surface area (TPSA) is 70.1 Å². The molecule has 0 aliphatic carbocycles. The maximum Gasteiger partial charge on any atom is 0.300 e. The number of aliphatic hydroxyl groups is 1. The van der Waals surface area contributed by atoms with Crippen LogP contribution in [0, 0.1) is 6.92 Å². The van der Waals surface area contributed by atoms with Gasteiger partial charge in [-0.2, -0.15) is 0 Å². The molecule has 1 saturated heterocycles. The number of anilines is 2. The van der Waals surface area contributed by atoms with Gasteiger partial charge in [0.05, 0.1) is 11.6 Å². The first-order valence-corrected chi connectivity index (χ1v) is 12.8. The van der Waals surface area contributed by atoms with Crippen LogP contribution in [-0.2, 0) is 16.0 Å². The van der Waals surface area contributed by atoms with Gasteiger partial charge < -0.3 is 14.7 Å². The fourth-order valence-corrected chi connectivity index (χ4v) is 5.39. The number of nitrogens with zero attached hydrogens (tertiary/aromatic N) is 2. The van der Waals surface area contributed by atoms with Gasteiger partial charge in [-0.05, 0) is 81.3 Å². The Labute approximate surface area is 217 Å². The van der Waals surface area contributed by atoms with Crippen LogP contribution in [-0.4, -0.2) is 36.0 Å². The van der Waals surface area contributed by atoms with Gasteiger partial charge >= 0.3 is 0 Å². The average molecular weight is 497 g/mol. The van der Waals surface area contributed by atoms with E-state index in [1.807, 2.05) is 74.5 Å². The zero-order valence-corrected chi connectivity index (χ0v) is 21.7. The van der Waals surface area contributed by atoms with Crippen LogP contribution in [0.3, 0.4) is 0 Å². The average Bonchev–Trinajstić information content (AvgIpc) is 3.40. The third kappa shape index (κ3) is 4.37. The van der Waals surface area contributed by atoms with Crippen molar-refractivity contribution < 1.29 is 19.4 Å². The summed E-state index contributed by atoms with van der Waals surface area (Å²) in [5, 5.41) is 11.5. The number of hydrogen-bond donors (Lipinski definition) is 1. The molecule has 5 rings (SSSR count). The quantitative estimate of drug-likeness (QED) is 0.266. The molecule has 2 atom stereocenters. The first-order valence-electron chi connectivity index (χ1n) is 12.8. The maximum atomic E-state index is 13.5. The van der Waals surface area contributed by atoms with Crippen molar-refractivity contribution in [3.8, 4) is 5.75 Å². The minimum absolute atomic E-state index is 0.0598. The highest BCUT2D eigenvalue weighted by Crippen LogP contribution is 2.43. The summed E-state index contributed by atoms with van der Waals surface area (Å²) in [7, 11) is 0. The highest BCUT2D eigenvalue weighted by Gasteiger charge is 2.47. The van der Waals surface area contributed by atoms with Crippen molar-refractivity contribution in [2.75, 3.05) is 22.9 Å². The number of fused-ring (bicyclic) bond motifs is 1. The van der Waals surface area contributed by atoms with Gasteiger partial charge in [-0.15, -0.1) is 0 Å². The van der Waals surface area contributed by atoms with Crippen molar-refractivity contribution in [1.29, 1.82) is 0 Å². The van der Waals surface area contributed by atoms with Crippen molar-refractivity contribution in [2.45, 2.75) is 46.3 Å². The molecule has 0 spiro atoms. The van der Waals surface area contributed by atoms with E-state index in [0.717, 1.165) is 47.6 Å². The van der Waals surface area contributed by atoms with E-state index in [-0.39, 0.29) is 17.4 Å². The lowest BCUT2D eigenvalue weighted by atomic mass is 9.93. The van der Waals surface area contributed by atoms with Gasteiger partial charge in [0.2, 0.25) is 0 Å². The molecule has 2 aliphatic rings. The van der Waals surface area contributed by atoms with Crippen LogP contribution in [0.2, 0.25) is 0 Å². The fraction of sp³-hybridized carbons (Fsp3) is 0.290. The molecule has 3 aromatic carbocycles. The largest absolute Gasteiger partial charge is 0.507 e. The molecule has 6 nitrogen and oxygen atoms in total. The predicted octanol–water partition coefficient (Wildman–Crippen LogP) is 5.79. The van der Waals surface area contributed by atoms with Crippen LogP contribution in [0.25, 0.3) is 5.76 Å². The fourth-order valence-electron chi connectivity index (χ4n) is 5.39. The van der Waals surface area contributed by atoms with Crippen LogP contribution in [0.4, 0.5) is 11.4 Å². The van der Waals surface area contributed by atoms with E-state index in [0.29, 0.717) is 11.3 Å². The Bertz CT molecular complexity index is 1390. The highest BCUT2D eigenvalue weighted by molar-refractivity contribution is 6.51. The lowest BCUT2D eigenvalue weighted by Gasteiger charge is -2.27. The lowest BCUT2D eigenvalue weighted by molar-refractivity contribution is -0.132. The van der Waals surface area contributed by atoms with E-state index in [1.165, 1.54) is 4.90 Å². The van der Waals surface area contributed by atoms with E-state index in [1.54, 1.807) is 6.07 Å². The van der Waals surface area contributed by atoms with E-state index in [4.69, 9.17) is 4.74 Å². The Kier molecular flexibility index (Phi) is 6.50. The molecule has 1 fully saturated rings. The zero-order chi connectivity index (χ0) is 26.3. The van der Waals surface area contributed by atoms with Gasteiger partial charge in [0, 0.05) is 36.4 Å². The van der Waals surface area contributed by atoms with Crippen molar-refractivity contribution in [1.82, 2.24) is 0 Å². The summed E-state index contributed by atoms with van der Waals surface area (Å²) in [5.41, 5.74) is 5.01. The summed E-state index contributed by atoms with van der Waals surface area (Å²) < 4.78 is 5.80. The second-order valence-corrected chi connectivity index (χ2v) is 9.73. The SMILES string of the molecule is CCN(CC)c1ccc(N2C(=O)C(=O)/C(=C(\O)c3ccc4c(c3)CC(C)O4)C2c2cccc(C)c2)cc1. The molecule has 37 heavy (non-hydrogen) atoms. The smallest absolute Gasteiger partial charge is 0.300 e. The van der Waals surface area contributed by atoms with Crippen LogP contribution < -0.4 is 14.5 Å². The van der Waals surface area contributed by atoms with E-state index >= 15 is 0 Å². The molecule has 0 aromatic heterocycles. The molecule has 6 heteroatoms. The summed E-state index contributed by atoms with van der Waals surface area (Å²) >= 11 is 0. The Morgan fingerprint density at radius 3 is 2.43 bits per heavy atom. The molecule has 1 amide bonds. The number of hydrogen-bond acceptors (Lipinski definition) is 5. The summed E-state index contributed by atoms with van der Waals surface area (Å²) in [6.45, 7) is 9.89. The third-order valence-electron chi connectivity index (χ3n) is 7.23. The number of aliphatic hydroxyl groups excluding tert-OH is 1. The Hall–Kier alpha value is -4.06. The number of rotatable bonds is 6. The molecule has 2 unspecified atom stereocenters. The van der Waals surface area contributed by atoms with Gasteiger partial charge in [0.1, 0.15) is 17.6 Å². The van der Waals surface area contributed by atoms with Crippen LogP contribution >= 0.6 is 0 Å². The van der Waals surface area contributed by atoms with Crippen molar-refractivity contribution in [3.63, 3.8) is 0 Å². The summed E-state index contributed by atoms with van der Waals surface area (Å²) in [6, 6.07) is 20.1. The van der Waals surface area contributed by atoms with Crippen molar-refractivity contribution in [2.24, 2.45) is 0 Å². The molecule has 1 N–H and O–H groups in total. The van der Waals surface area contributed by atoms with Gasteiger partial charge in [0.15, 0.2) is 0 Å². The number of carbonyl (C=O) groups is 2. The van der Waals surface area contributed by atoms with Gasteiger partial charge in [-0.25, -0.2) is 0 Å². The third-order valence-corrected chi connectivity index (χ3v) is 7.23. The number of amides is 1. The first kappa shape index (κ1) is 24.6. The minimum atomic E-state index is -0.748. The summed E-state index contributed by atoms with van der Waals surface area (Å²) in [5.74, 6) is -0.730. The zero-order valence-electron chi connectivity index (χ0n) is 21.7.